The third kappa shape index (κ3) is 4.82. The minimum absolute atomic E-state index is 0.0281. The van der Waals surface area contributed by atoms with Crippen LogP contribution < -0.4 is 10.0 Å². The van der Waals surface area contributed by atoms with Gasteiger partial charge in [0, 0.05) is 48.2 Å². The molecule has 2 bridgehead atoms. The zero-order chi connectivity index (χ0) is 27.5. The Balaban J connectivity index is 1.32. The molecule has 0 aromatic heterocycles. The Bertz CT molecular complexity index is 1320. The fraction of sp³-hybridized carbons (Fsp3) is 0.586. The topological polar surface area (TPSA) is 64.7 Å². The molecule has 10 heteroatoms. The zero-order valence-electron chi connectivity index (χ0n) is 22.5. The van der Waals surface area contributed by atoms with Gasteiger partial charge >= 0.3 is 0 Å². The van der Waals surface area contributed by atoms with Crippen molar-refractivity contribution in [2.75, 3.05) is 42.1 Å². The number of likely N-dealkylation sites (tertiary alicyclic amines) is 1. The van der Waals surface area contributed by atoms with E-state index in [4.69, 9.17) is 0 Å². The van der Waals surface area contributed by atoms with Crippen molar-refractivity contribution in [1.82, 2.24) is 9.80 Å². The third-order valence-electron chi connectivity index (χ3n) is 9.20. The van der Waals surface area contributed by atoms with Crippen LogP contribution in [0.5, 0.6) is 0 Å². The molecule has 2 aromatic carbocycles. The molecule has 2 N–H and O–H groups in total. The third-order valence-corrected chi connectivity index (χ3v) is 10.5. The zero-order valence-corrected chi connectivity index (χ0v) is 23.3. The summed E-state index contributed by atoms with van der Waals surface area (Å²) in [5.41, 5.74) is 2.66. The van der Waals surface area contributed by atoms with Gasteiger partial charge in [0.2, 0.25) is 10.0 Å². The Kier molecular flexibility index (Phi) is 6.87. The van der Waals surface area contributed by atoms with E-state index < -0.39 is 27.7 Å². The average molecular weight is 563 g/mol. The van der Waals surface area contributed by atoms with E-state index in [-0.39, 0.29) is 35.6 Å². The molecule has 3 aliphatic carbocycles. The van der Waals surface area contributed by atoms with Gasteiger partial charge in [0.1, 0.15) is 11.6 Å². The quantitative estimate of drug-likeness (QED) is 0.424. The summed E-state index contributed by atoms with van der Waals surface area (Å²) >= 11 is 0. The van der Waals surface area contributed by atoms with Crippen LogP contribution in [0.3, 0.4) is 0 Å². The van der Waals surface area contributed by atoms with Crippen LogP contribution in [0, 0.1) is 17.6 Å². The molecule has 0 spiro atoms. The van der Waals surface area contributed by atoms with Gasteiger partial charge in [-0.1, -0.05) is 6.07 Å². The van der Waals surface area contributed by atoms with Crippen LogP contribution in [0.2, 0.25) is 0 Å². The van der Waals surface area contributed by atoms with Crippen molar-refractivity contribution in [3.05, 3.63) is 58.7 Å². The molecule has 4 fully saturated rings. The molecule has 2 atom stereocenters. The molecule has 3 saturated carbocycles. The first-order valence-corrected chi connectivity index (χ1v) is 15.7. The molecule has 0 radical (unpaired) electrons. The first-order valence-electron chi connectivity index (χ1n) is 14.1. The van der Waals surface area contributed by atoms with Crippen molar-refractivity contribution in [3.63, 3.8) is 0 Å². The Hall–Kier alpha value is -2.30. The fourth-order valence-electron chi connectivity index (χ4n) is 7.26. The number of nitrogens with zero attached hydrogens (tertiary/aromatic N) is 2. The van der Waals surface area contributed by atoms with Crippen molar-refractivity contribution >= 4 is 21.4 Å². The van der Waals surface area contributed by atoms with E-state index in [0.29, 0.717) is 36.7 Å². The van der Waals surface area contributed by atoms with Gasteiger partial charge in [0.05, 0.1) is 24.5 Å². The van der Waals surface area contributed by atoms with Crippen molar-refractivity contribution in [3.8, 4) is 0 Å². The highest BCUT2D eigenvalue weighted by molar-refractivity contribution is 7.92. The SMILES string of the molecule is CCS(=O)(=O)Nc1ccc2c(c1)C[C@@H](C)N(C13CC(C1)C3)[C@@H]2c1c(F)cc(NC2CN(CCCF)C2)cc1F. The highest BCUT2D eigenvalue weighted by Crippen LogP contribution is 2.64. The second-order valence-electron chi connectivity index (χ2n) is 12.0. The Morgan fingerprint density at radius 1 is 1.05 bits per heavy atom. The number of halogens is 3. The molecule has 39 heavy (non-hydrogen) atoms. The van der Waals surface area contributed by atoms with Gasteiger partial charge in [-0.15, -0.1) is 0 Å². The van der Waals surface area contributed by atoms with Gasteiger partial charge in [0.15, 0.2) is 0 Å². The number of sulfonamides is 1. The predicted molar refractivity (Wildman–Crippen MR) is 147 cm³/mol. The molecule has 0 unspecified atom stereocenters. The van der Waals surface area contributed by atoms with Crippen LogP contribution in [-0.2, 0) is 16.4 Å². The number of hydrogen-bond donors (Lipinski definition) is 2. The van der Waals surface area contributed by atoms with Crippen LogP contribution in [0.25, 0.3) is 0 Å². The summed E-state index contributed by atoms with van der Waals surface area (Å²) in [6.07, 6.45) is 4.35. The molecule has 7 rings (SSSR count). The van der Waals surface area contributed by atoms with Crippen molar-refractivity contribution < 1.29 is 21.6 Å². The van der Waals surface area contributed by atoms with Crippen LogP contribution in [0.4, 0.5) is 24.5 Å². The van der Waals surface area contributed by atoms with Gasteiger partial charge in [-0.05, 0) is 87.3 Å². The van der Waals surface area contributed by atoms with Crippen LogP contribution >= 0.6 is 0 Å². The molecule has 212 valence electrons. The van der Waals surface area contributed by atoms with E-state index in [9.17, 15) is 12.8 Å². The molecular weight excluding hydrogens is 525 g/mol. The summed E-state index contributed by atoms with van der Waals surface area (Å²) in [7, 11) is -3.44. The lowest BCUT2D eigenvalue weighted by Crippen LogP contribution is -2.71. The van der Waals surface area contributed by atoms with E-state index in [0.717, 1.165) is 43.5 Å². The highest BCUT2D eigenvalue weighted by atomic mass is 32.2. The summed E-state index contributed by atoms with van der Waals surface area (Å²) in [5.74, 6) is -0.487. The van der Waals surface area contributed by atoms with Gasteiger partial charge in [-0.2, -0.15) is 0 Å². The summed E-state index contributed by atoms with van der Waals surface area (Å²) < 4.78 is 71.2. The summed E-state index contributed by atoms with van der Waals surface area (Å²) in [4.78, 5) is 4.46. The summed E-state index contributed by atoms with van der Waals surface area (Å²) in [5, 5.41) is 3.24. The minimum atomic E-state index is -3.44. The van der Waals surface area contributed by atoms with E-state index in [1.54, 1.807) is 13.0 Å². The molecule has 2 aromatic rings. The molecule has 2 heterocycles. The van der Waals surface area contributed by atoms with E-state index in [1.807, 2.05) is 12.1 Å². The Morgan fingerprint density at radius 3 is 2.33 bits per heavy atom. The van der Waals surface area contributed by atoms with Crippen LogP contribution in [0.1, 0.15) is 62.3 Å². The van der Waals surface area contributed by atoms with Crippen molar-refractivity contribution in [2.24, 2.45) is 5.92 Å². The van der Waals surface area contributed by atoms with Gasteiger partial charge < -0.3 is 5.32 Å². The van der Waals surface area contributed by atoms with Gasteiger partial charge in [-0.25, -0.2) is 17.2 Å². The first kappa shape index (κ1) is 26.9. The minimum Gasteiger partial charge on any atom is -0.380 e. The second kappa shape index (κ2) is 9.96. The summed E-state index contributed by atoms with van der Waals surface area (Å²) in [6.45, 7) is 5.48. The van der Waals surface area contributed by atoms with Crippen molar-refractivity contribution in [2.45, 2.75) is 69.6 Å². The molecule has 6 nitrogen and oxygen atoms in total. The largest absolute Gasteiger partial charge is 0.380 e. The maximum atomic E-state index is 15.9. The maximum absolute atomic E-state index is 15.9. The van der Waals surface area contributed by atoms with Crippen molar-refractivity contribution in [1.29, 1.82) is 0 Å². The number of anilines is 2. The Morgan fingerprint density at radius 2 is 1.74 bits per heavy atom. The number of hydrogen-bond acceptors (Lipinski definition) is 5. The van der Waals surface area contributed by atoms with Crippen LogP contribution in [-0.4, -0.2) is 67.9 Å². The number of fused-ring (bicyclic) bond motifs is 1. The monoisotopic (exact) mass is 562 g/mol. The van der Waals surface area contributed by atoms with Crippen LogP contribution in [0.15, 0.2) is 30.3 Å². The first-order chi connectivity index (χ1) is 18.6. The average Bonchev–Trinajstić information content (AvgIpc) is 2.79. The molecule has 1 saturated heterocycles. The fourth-order valence-corrected chi connectivity index (χ4v) is 7.89. The lowest BCUT2D eigenvalue weighted by molar-refractivity contribution is -0.174. The molecule has 0 amide bonds. The molecular formula is C29H37F3N4O2S. The van der Waals surface area contributed by atoms with E-state index >= 15 is 8.78 Å². The molecule has 5 aliphatic rings. The lowest BCUT2D eigenvalue weighted by atomic mass is 9.48. The van der Waals surface area contributed by atoms with Gasteiger partial charge in [-0.3, -0.25) is 18.9 Å². The van der Waals surface area contributed by atoms with E-state index in [1.165, 1.54) is 12.1 Å². The number of rotatable bonds is 10. The predicted octanol–water partition coefficient (Wildman–Crippen LogP) is 5.07. The maximum Gasteiger partial charge on any atom is 0.232 e. The van der Waals surface area contributed by atoms with E-state index in [2.05, 4.69) is 26.8 Å². The Labute approximate surface area is 229 Å². The number of alkyl halides is 1. The smallest absolute Gasteiger partial charge is 0.232 e. The highest BCUT2D eigenvalue weighted by Gasteiger charge is 2.63. The number of nitrogens with one attached hydrogen (secondary N) is 2. The molecule has 2 aliphatic heterocycles. The lowest BCUT2D eigenvalue weighted by Gasteiger charge is -2.70. The summed E-state index contributed by atoms with van der Waals surface area (Å²) in [6, 6.07) is 7.68. The van der Waals surface area contributed by atoms with Gasteiger partial charge in [0.25, 0.3) is 0 Å². The second-order valence-corrected chi connectivity index (χ2v) is 14.0. The normalized spacial score (nSPS) is 28.7. The number of benzene rings is 2. The standard InChI is InChI=1S/C29H37F3N4O2S/c1-3-39(37,38)34-21-5-6-24-20(10-21)9-18(2)36(29-13-19(14-29)15-29)28(24)27-25(31)11-22(12-26(27)32)33-23-16-35(17-23)8-4-7-30/h5-6,10-12,18-19,23,28,33-34H,3-4,7-9,13-17H2,1-2H3/t18-,19?,28+,29?/m1/s1.